The Balaban J connectivity index is 1.36. The van der Waals surface area contributed by atoms with Crippen molar-refractivity contribution in [2.45, 2.75) is 0 Å². The van der Waals surface area contributed by atoms with E-state index in [-0.39, 0.29) is 17.6 Å². The zero-order valence-electron chi connectivity index (χ0n) is 17.6. The number of halogens is 1. The topological polar surface area (TPSA) is 71.3 Å². The van der Waals surface area contributed by atoms with Gasteiger partial charge >= 0.3 is 0 Å². The van der Waals surface area contributed by atoms with Crippen molar-refractivity contribution in [3.05, 3.63) is 89.3 Å². The lowest BCUT2D eigenvalue weighted by molar-refractivity contribution is 0.0529. The van der Waals surface area contributed by atoms with Crippen LogP contribution in [0, 0.1) is 5.82 Å². The quantitative estimate of drug-likeness (QED) is 0.464. The summed E-state index contributed by atoms with van der Waals surface area (Å²) in [5, 5.41) is 6.34. The Morgan fingerprint density at radius 3 is 2.24 bits per heavy atom. The van der Waals surface area contributed by atoms with E-state index in [1.165, 1.54) is 28.2 Å². The van der Waals surface area contributed by atoms with E-state index in [1.54, 1.807) is 34.1 Å². The molecule has 0 atom stereocenters. The van der Waals surface area contributed by atoms with Crippen LogP contribution in [0.25, 0.3) is 16.4 Å². The van der Waals surface area contributed by atoms with Crippen LogP contribution < -0.4 is 0 Å². The normalized spacial score (nSPS) is 13.8. The van der Waals surface area contributed by atoms with Crippen molar-refractivity contribution in [1.29, 1.82) is 0 Å². The molecule has 7 nitrogen and oxygen atoms in total. The van der Waals surface area contributed by atoms with Gasteiger partial charge in [-0.25, -0.2) is 14.1 Å². The molecule has 0 spiro atoms. The number of thiophene rings is 1. The second-order valence-electron chi connectivity index (χ2n) is 7.58. The second kappa shape index (κ2) is 8.95. The fourth-order valence-corrected chi connectivity index (χ4v) is 4.47. The summed E-state index contributed by atoms with van der Waals surface area (Å²) in [5.41, 5.74) is 1.12. The fourth-order valence-electron chi connectivity index (χ4n) is 3.77. The van der Waals surface area contributed by atoms with Crippen molar-refractivity contribution in [2.24, 2.45) is 0 Å². The third kappa shape index (κ3) is 4.27. The summed E-state index contributed by atoms with van der Waals surface area (Å²) in [6.45, 7) is 1.64. The Morgan fingerprint density at radius 2 is 1.58 bits per heavy atom. The zero-order chi connectivity index (χ0) is 22.8. The molecule has 0 unspecified atom stereocenters. The highest BCUT2D eigenvalue weighted by Crippen LogP contribution is 2.26. The first-order chi connectivity index (χ1) is 16.1. The standard InChI is InChI=1S/C24H20FN5O2S/c25-18-8-4-9-19(16-18)30-22(20-10-5-15-33-20)26-21(27-30)24(32)29-13-11-28(12-14-29)23(31)17-6-2-1-3-7-17/h1-10,15-16H,11-14H2. The lowest BCUT2D eigenvalue weighted by atomic mass is 10.2. The molecule has 4 aromatic rings. The summed E-state index contributed by atoms with van der Waals surface area (Å²) in [7, 11) is 0. The van der Waals surface area contributed by atoms with Crippen LogP contribution in [0.15, 0.2) is 72.1 Å². The van der Waals surface area contributed by atoms with Crippen LogP contribution in [0.2, 0.25) is 0 Å². The first kappa shape index (κ1) is 21.0. The van der Waals surface area contributed by atoms with Gasteiger partial charge in [0.1, 0.15) is 5.82 Å². The Morgan fingerprint density at radius 1 is 0.848 bits per heavy atom. The van der Waals surface area contributed by atoms with Crippen molar-refractivity contribution < 1.29 is 14.0 Å². The number of rotatable bonds is 4. The number of carbonyl (C=O) groups is 2. The smallest absolute Gasteiger partial charge is 0.293 e. The van der Waals surface area contributed by atoms with E-state index in [2.05, 4.69) is 10.1 Å². The van der Waals surface area contributed by atoms with Crippen LogP contribution in [-0.2, 0) is 0 Å². The lowest BCUT2D eigenvalue weighted by Gasteiger charge is -2.34. The van der Waals surface area contributed by atoms with E-state index in [0.29, 0.717) is 43.3 Å². The number of nitrogens with zero attached hydrogens (tertiary/aromatic N) is 5. The third-order valence-corrected chi connectivity index (χ3v) is 6.33. The van der Waals surface area contributed by atoms with Gasteiger partial charge in [-0.2, -0.15) is 0 Å². The first-order valence-electron chi connectivity index (χ1n) is 10.5. The lowest BCUT2D eigenvalue weighted by Crippen LogP contribution is -2.50. The Bertz CT molecular complexity index is 1280. The molecule has 1 aliphatic heterocycles. The maximum absolute atomic E-state index is 13.8. The highest BCUT2D eigenvalue weighted by Gasteiger charge is 2.28. The van der Waals surface area contributed by atoms with Gasteiger partial charge in [-0.1, -0.05) is 30.3 Å². The predicted molar refractivity (Wildman–Crippen MR) is 123 cm³/mol. The molecule has 2 aromatic carbocycles. The number of amides is 2. The minimum absolute atomic E-state index is 0.0452. The van der Waals surface area contributed by atoms with E-state index in [9.17, 15) is 14.0 Å². The highest BCUT2D eigenvalue weighted by atomic mass is 32.1. The van der Waals surface area contributed by atoms with Gasteiger partial charge in [0.2, 0.25) is 5.82 Å². The molecule has 2 aromatic heterocycles. The van der Waals surface area contributed by atoms with Gasteiger partial charge in [0.25, 0.3) is 11.8 Å². The first-order valence-corrected chi connectivity index (χ1v) is 11.4. The Kier molecular flexibility index (Phi) is 5.70. The number of piperazine rings is 1. The van der Waals surface area contributed by atoms with Crippen LogP contribution in [0.3, 0.4) is 0 Å². The van der Waals surface area contributed by atoms with Crippen molar-refractivity contribution >= 4 is 23.2 Å². The molecule has 2 amide bonds. The van der Waals surface area contributed by atoms with Crippen molar-refractivity contribution in [3.63, 3.8) is 0 Å². The summed E-state index contributed by atoms with van der Waals surface area (Å²) in [6, 6.07) is 18.9. The SMILES string of the molecule is O=C(c1ccccc1)N1CCN(C(=O)c2nc(-c3cccs3)n(-c3cccc(F)c3)n2)CC1. The van der Waals surface area contributed by atoms with Gasteiger partial charge in [0, 0.05) is 31.7 Å². The second-order valence-corrected chi connectivity index (χ2v) is 8.53. The molecule has 0 radical (unpaired) electrons. The Labute approximate surface area is 193 Å². The van der Waals surface area contributed by atoms with Gasteiger partial charge in [0.05, 0.1) is 10.6 Å². The molecule has 166 valence electrons. The fraction of sp³-hybridized carbons (Fsp3) is 0.167. The molecule has 33 heavy (non-hydrogen) atoms. The Hall–Kier alpha value is -3.85. The average Bonchev–Trinajstić information content (AvgIpc) is 3.54. The molecule has 0 saturated carbocycles. The van der Waals surface area contributed by atoms with E-state index in [4.69, 9.17) is 0 Å². The van der Waals surface area contributed by atoms with Gasteiger partial charge in [-0.3, -0.25) is 9.59 Å². The van der Waals surface area contributed by atoms with E-state index < -0.39 is 5.82 Å². The summed E-state index contributed by atoms with van der Waals surface area (Å²) in [5.74, 6) is -0.222. The number of benzene rings is 2. The minimum atomic E-state index is -0.396. The monoisotopic (exact) mass is 461 g/mol. The molecular weight excluding hydrogens is 441 g/mol. The summed E-state index contributed by atoms with van der Waals surface area (Å²) in [4.78, 5) is 34.6. The van der Waals surface area contributed by atoms with Crippen LogP contribution in [0.1, 0.15) is 21.0 Å². The van der Waals surface area contributed by atoms with E-state index >= 15 is 0 Å². The number of carbonyl (C=O) groups excluding carboxylic acids is 2. The van der Waals surface area contributed by atoms with E-state index in [0.717, 1.165) is 4.88 Å². The highest BCUT2D eigenvalue weighted by molar-refractivity contribution is 7.13. The molecule has 0 aliphatic carbocycles. The maximum atomic E-state index is 13.8. The van der Waals surface area contributed by atoms with Gasteiger partial charge < -0.3 is 9.80 Å². The maximum Gasteiger partial charge on any atom is 0.293 e. The van der Waals surface area contributed by atoms with Crippen molar-refractivity contribution in [2.75, 3.05) is 26.2 Å². The number of aromatic nitrogens is 3. The molecule has 3 heterocycles. The molecule has 9 heteroatoms. The third-order valence-electron chi connectivity index (χ3n) is 5.47. The summed E-state index contributed by atoms with van der Waals surface area (Å²) >= 11 is 1.46. The summed E-state index contributed by atoms with van der Waals surface area (Å²) < 4.78 is 15.3. The average molecular weight is 462 g/mol. The molecule has 1 saturated heterocycles. The van der Waals surface area contributed by atoms with Crippen molar-refractivity contribution in [1.82, 2.24) is 24.6 Å². The minimum Gasteiger partial charge on any atom is -0.335 e. The molecule has 1 fully saturated rings. The van der Waals surface area contributed by atoms with Gasteiger partial charge in [-0.15, -0.1) is 16.4 Å². The van der Waals surface area contributed by atoms with Crippen LogP contribution >= 0.6 is 11.3 Å². The largest absolute Gasteiger partial charge is 0.335 e. The molecule has 0 N–H and O–H groups in total. The molecular formula is C24H20FN5O2S. The van der Waals surface area contributed by atoms with Crippen LogP contribution in [-0.4, -0.2) is 62.6 Å². The molecule has 5 rings (SSSR count). The van der Waals surface area contributed by atoms with Gasteiger partial charge in [-0.05, 0) is 41.8 Å². The summed E-state index contributed by atoms with van der Waals surface area (Å²) in [6.07, 6.45) is 0. The van der Waals surface area contributed by atoms with E-state index in [1.807, 2.05) is 35.7 Å². The number of hydrogen-bond donors (Lipinski definition) is 0. The van der Waals surface area contributed by atoms with Gasteiger partial charge in [0.15, 0.2) is 5.82 Å². The van der Waals surface area contributed by atoms with Crippen LogP contribution in [0.4, 0.5) is 4.39 Å². The zero-order valence-corrected chi connectivity index (χ0v) is 18.4. The number of hydrogen-bond acceptors (Lipinski definition) is 5. The van der Waals surface area contributed by atoms with Crippen molar-refractivity contribution in [3.8, 4) is 16.4 Å². The predicted octanol–water partition coefficient (Wildman–Crippen LogP) is 3.73. The molecule has 0 bridgehead atoms. The van der Waals surface area contributed by atoms with Crippen LogP contribution in [0.5, 0.6) is 0 Å². The molecule has 1 aliphatic rings.